The summed E-state index contributed by atoms with van der Waals surface area (Å²) in [6, 6.07) is 11.2. The fourth-order valence-electron chi connectivity index (χ4n) is 2.95. The number of aromatic nitrogens is 3. The van der Waals surface area contributed by atoms with Crippen LogP contribution >= 0.6 is 0 Å². The van der Waals surface area contributed by atoms with Crippen molar-refractivity contribution in [2.24, 2.45) is 0 Å². The van der Waals surface area contributed by atoms with Crippen molar-refractivity contribution in [3.63, 3.8) is 0 Å². The van der Waals surface area contributed by atoms with Crippen LogP contribution < -0.4 is 18.9 Å². The van der Waals surface area contributed by atoms with Gasteiger partial charge in [0.15, 0.2) is 11.6 Å². The minimum absolute atomic E-state index is 0.461. The Bertz CT molecular complexity index is 904. The van der Waals surface area contributed by atoms with Gasteiger partial charge in [-0.05, 0) is 52.0 Å². The van der Waals surface area contributed by atoms with Gasteiger partial charge in [-0.25, -0.2) is 15.0 Å². The second-order valence-corrected chi connectivity index (χ2v) is 6.13. The molecule has 0 aliphatic heterocycles. The first kappa shape index (κ1) is 21.4. The first-order valence-corrected chi connectivity index (χ1v) is 10.1. The number of hydrogen-bond acceptors (Lipinski definition) is 7. The molecule has 1 heterocycles. The van der Waals surface area contributed by atoms with Crippen molar-refractivity contribution >= 4 is 0 Å². The van der Waals surface area contributed by atoms with Gasteiger partial charge in [-0.15, -0.1) is 0 Å². The van der Waals surface area contributed by atoms with Gasteiger partial charge in [-0.1, -0.05) is 0 Å². The predicted octanol–water partition coefficient (Wildman–Crippen LogP) is 4.60. The van der Waals surface area contributed by atoms with E-state index in [0.717, 1.165) is 22.6 Å². The number of hydrogen-bond donors (Lipinski definition) is 0. The Hall–Kier alpha value is -3.35. The van der Waals surface area contributed by atoms with Crippen molar-refractivity contribution in [1.82, 2.24) is 15.0 Å². The summed E-state index contributed by atoms with van der Waals surface area (Å²) in [6.07, 6.45) is 2.71. The third-order valence-corrected chi connectivity index (χ3v) is 4.13. The Morgan fingerprint density at radius 3 is 1.47 bits per heavy atom. The Balaban J connectivity index is 2.03. The lowest BCUT2D eigenvalue weighted by Crippen LogP contribution is -2.02. The zero-order chi connectivity index (χ0) is 21.3. The maximum atomic E-state index is 5.79. The van der Waals surface area contributed by atoms with E-state index in [-0.39, 0.29) is 0 Å². The lowest BCUT2D eigenvalue weighted by molar-refractivity contribution is 0.323. The van der Waals surface area contributed by atoms with Crippen molar-refractivity contribution in [3.05, 3.63) is 42.7 Å². The maximum absolute atomic E-state index is 5.79. The van der Waals surface area contributed by atoms with Crippen molar-refractivity contribution < 1.29 is 18.9 Å². The molecule has 3 aromatic rings. The quantitative estimate of drug-likeness (QED) is 0.485. The molecule has 1 aromatic heterocycles. The molecule has 0 fully saturated rings. The first-order chi connectivity index (χ1) is 14.7. The fourth-order valence-corrected chi connectivity index (χ4v) is 2.95. The van der Waals surface area contributed by atoms with Crippen LogP contribution in [-0.2, 0) is 0 Å². The lowest BCUT2D eigenvalue weighted by atomic mass is 10.1. The molecular formula is C23H26N3O4. The highest BCUT2D eigenvalue weighted by Gasteiger charge is 2.16. The molecule has 30 heavy (non-hydrogen) atoms. The van der Waals surface area contributed by atoms with Gasteiger partial charge >= 0.3 is 0 Å². The zero-order valence-electron chi connectivity index (χ0n) is 17.8. The first-order valence-electron chi connectivity index (χ1n) is 10.1. The molecule has 7 nitrogen and oxygen atoms in total. The minimum atomic E-state index is 0.461. The van der Waals surface area contributed by atoms with Gasteiger partial charge in [0.25, 0.3) is 0 Å². The summed E-state index contributed by atoms with van der Waals surface area (Å²) >= 11 is 0. The van der Waals surface area contributed by atoms with Crippen LogP contribution in [0.1, 0.15) is 27.7 Å². The average Bonchev–Trinajstić information content (AvgIpc) is 2.75. The molecule has 0 amide bonds. The van der Waals surface area contributed by atoms with Crippen LogP contribution in [0, 0.1) is 6.33 Å². The summed E-state index contributed by atoms with van der Waals surface area (Å²) in [6.45, 7) is 9.91. The van der Waals surface area contributed by atoms with E-state index in [1.807, 2.05) is 64.1 Å². The molecule has 0 saturated carbocycles. The topological polar surface area (TPSA) is 75.6 Å². The summed E-state index contributed by atoms with van der Waals surface area (Å²) in [5.74, 6) is 3.67. The molecule has 3 rings (SSSR count). The minimum Gasteiger partial charge on any atom is -0.494 e. The summed E-state index contributed by atoms with van der Waals surface area (Å²) in [4.78, 5) is 13.1. The van der Waals surface area contributed by atoms with Crippen LogP contribution in [0.5, 0.6) is 23.0 Å². The molecular weight excluding hydrogens is 382 g/mol. The second-order valence-electron chi connectivity index (χ2n) is 6.13. The van der Waals surface area contributed by atoms with Gasteiger partial charge in [-0.2, -0.15) is 0 Å². The van der Waals surface area contributed by atoms with Gasteiger partial charge in [0.05, 0.1) is 37.6 Å². The fraction of sp³-hybridized carbons (Fsp3) is 0.348. The molecule has 0 atom stereocenters. The van der Waals surface area contributed by atoms with E-state index in [9.17, 15) is 0 Å². The largest absolute Gasteiger partial charge is 0.494 e. The molecule has 0 bridgehead atoms. The van der Waals surface area contributed by atoms with E-state index in [4.69, 9.17) is 18.9 Å². The maximum Gasteiger partial charge on any atom is 0.202 e. The van der Waals surface area contributed by atoms with Crippen LogP contribution in [-0.4, -0.2) is 41.4 Å². The molecule has 0 aliphatic carbocycles. The van der Waals surface area contributed by atoms with Crippen LogP contribution in [0.4, 0.5) is 0 Å². The molecule has 0 spiro atoms. The van der Waals surface area contributed by atoms with Crippen LogP contribution in [0.25, 0.3) is 22.8 Å². The summed E-state index contributed by atoms with van der Waals surface area (Å²) in [5, 5.41) is 0. The number of benzene rings is 2. The van der Waals surface area contributed by atoms with Crippen molar-refractivity contribution in [2.75, 3.05) is 26.4 Å². The third kappa shape index (κ3) is 4.97. The molecule has 0 aliphatic rings. The SMILES string of the molecule is CCOc1ccc(-c2n[c]nc(-c3ccc(OCC)cc3OCC)n2)c(OCC)c1. The lowest BCUT2D eigenvalue weighted by Gasteiger charge is -2.13. The van der Waals surface area contributed by atoms with E-state index in [1.165, 1.54) is 0 Å². The normalized spacial score (nSPS) is 10.5. The Morgan fingerprint density at radius 2 is 1.07 bits per heavy atom. The molecule has 2 aromatic carbocycles. The summed E-state index contributed by atoms with van der Waals surface area (Å²) in [5.41, 5.74) is 1.48. The van der Waals surface area contributed by atoms with Gasteiger partial charge in [-0.3, -0.25) is 0 Å². The van der Waals surface area contributed by atoms with E-state index < -0.39 is 0 Å². The zero-order valence-corrected chi connectivity index (χ0v) is 17.8. The molecule has 0 saturated heterocycles. The monoisotopic (exact) mass is 408 g/mol. The summed E-state index contributed by atoms with van der Waals surface area (Å²) in [7, 11) is 0. The van der Waals surface area contributed by atoms with E-state index in [1.54, 1.807) is 0 Å². The van der Waals surface area contributed by atoms with E-state index >= 15 is 0 Å². The Labute approximate surface area is 177 Å². The average molecular weight is 408 g/mol. The van der Waals surface area contributed by atoms with Crippen molar-refractivity contribution in [1.29, 1.82) is 0 Å². The Kier molecular flexibility index (Phi) is 7.43. The highest BCUT2D eigenvalue weighted by Crippen LogP contribution is 2.35. The molecule has 1 radical (unpaired) electrons. The van der Waals surface area contributed by atoms with Crippen LogP contribution in [0.15, 0.2) is 36.4 Å². The van der Waals surface area contributed by atoms with Gasteiger partial charge in [0.1, 0.15) is 23.0 Å². The number of rotatable bonds is 10. The molecule has 0 N–H and O–H groups in total. The van der Waals surface area contributed by atoms with Crippen molar-refractivity contribution in [3.8, 4) is 45.8 Å². The van der Waals surface area contributed by atoms with Crippen LogP contribution in [0.3, 0.4) is 0 Å². The highest BCUT2D eigenvalue weighted by molar-refractivity contribution is 5.70. The third-order valence-electron chi connectivity index (χ3n) is 4.13. The van der Waals surface area contributed by atoms with Crippen LogP contribution in [0.2, 0.25) is 0 Å². The van der Waals surface area contributed by atoms with E-state index in [0.29, 0.717) is 49.6 Å². The number of nitrogens with zero attached hydrogens (tertiary/aromatic N) is 3. The van der Waals surface area contributed by atoms with E-state index in [2.05, 4.69) is 21.3 Å². The molecule has 157 valence electrons. The van der Waals surface area contributed by atoms with Gasteiger partial charge in [0, 0.05) is 12.1 Å². The Morgan fingerprint density at radius 1 is 0.633 bits per heavy atom. The number of ether oxygens (including phenoxy) is 4. The second kappa shape index (κ2) is 10.4. The van der Waals surface area contributed by atoms with Crippen molar-refractivity contribution in [2.45, 2.75) is 27.7 Å². The highest BCUT2D eigenvalue weighted by atomic mass is 16.5. The predicted molar refractivity (Wildman–Crippen MR) is 114 cm³/mol. The smallest absolute Gasteiger partial charge is 0.202 e. The van der Waals surface area contributed by atoms with Gasteiger partial charge < -0.3 is 18.9 Å². The molecule has 7 heteroatoms. The van der Waals surface area contributed by atoms with Gasteiger partial charge in [0.2, 0.25) is 6.33 Å². The molecule has 0 unspecified atom stereocenters. The standard InChI is InChI=1S/C23H26N3O4/c1-5-27-16-9-11-18(20(13-16)29-7-3)22-24-15-25-23(26-22)19-12-10-17(28-6-2)14-21(19)30-8-4/h9-14H,5-8H2,1-4H3. The summed E-state index contributed by atoms with van der Waals surface area (Å²) < 4.78 is 22.7.